The maximum atomic E-state index is 12.0. The smallest absolute Gasteiger partial charge is 0.341 e. The van der Waals surface area contributed by atoms with Crippen molar-refractivity contribution in [2.45, 2.75) is 38.5 Å². The number of methoxy groups -OCH3 is 2. The molecule has 174 valence electrons. The van der Waals surface area contributed by atoms with Crippen molar-refractivity contribution in [3.8, 4) is 5.75 Å². The predicted octanol–water partition coefficient (Wildman–Crippen LogP) is 3.43. The quantitative estimate of drug-likeness (QED) is 0.238. The third kappa shape index (κ3) is 6.83. The standard InChI is InChI=1S/C24H32N4O3.HI/c1-17-12-20(16-28(17)15-18-8-6-5-7-9-18)27-24(25-2)26-14-19-10-11-22(30-3)21(13-19)23(29)31-4;/h5-11,13,17,20H,12,14-16H2,1-4H3,(H2,25,26,27);1H. The maximum Gasteiger partial charge on any atom is 0.341 e. The van der Waals surface area contributed by atoms with Gasteiger partial charge in [-0.3, -0.25) is 9.89 Å². The molecule has 1 saturated heterocycles. The zero-order valence-electron chi connectivity index (χ0n) is 19.1. The van der Waals surface area contributed by atoms with Crippen molar-refractivity contribution in [2.24, 2.45) is 4.99 Å². The summed E-state index contributed by atoms with van der Waals surface area (Å²) in [6.45, 7) is 4.72. The van der Waals surface area contributed by atoms with E-state index in [4.69, 9.17) is 9.47 Å². The second-order valence-corrected chi connectivity index (χ2v) is 7.79. The van der Waals surface area contributed by atoms with Crippen LogP contribution in [0.4, 0.5) is 0 Å². The molecule has 0 radical (unpaired) electrons. The fourth-order valence-corrected chi connectivity index (χ4v) is 3.95. The first-order valence-corrected chi connectivity index (χ1v) is 10.5. The number of hydrogen-bond acceptors (Lipinski definition) is 5. The molecule has 0 saturated carbocycles. The van der Waals surface area contributed by atoms with Gasteiger partial charge in [-0.2, -0.15) is 0 Å². The zero-order chi connectivity index (χ0) is 22.2. The van der Waals surface area contributed by atoms with Crippen LogP contribution in [0, 0.1) is 0 Å². The summed E-state index contributed by atoms with van der Waals surface area (Å²) in [6.07, 6.45) is 1.06. The zero-order valence-corrected chi connectivity index (χ0v) is 21.5. The Bertz CT molecular complexity index is 907. The number of aliphatic imine (C=N–C) groups is 1. The van der Waals surface area contributed by atoms with Crippen LogP contribution in [0.3, 0.4) is 0 Å². The lowest BCUT2D eigenvalue weighted by atomic mass is 10.1. The summed E-state index contributed by atoms with van der Waals surface area (Å²) in [5.41, 5.74) is 2.68. The molecule has 3 rings (SSSR count). The number of carbonyl (C=O) groups is 1. The second kappa shape index (κ2) is 12.6. The van der Waals surface area contributed by atoms with Crippen LogP contribution in [0.15, 0.2) is 53.5 Å². The molecular formula is C24H33IN4O3. The Balaban J connectivity index is 0.00000363. The number of nitrogens with zero attached hydrogens (tertiary/aromatic N) is 2. The number of esters is 1. The van der Waals surface area contributed by atoms with E-state index in [1.54, 1.807) is 19.2 Å². The Morgan fingerprint density at radius 2 is 1.91 bits per heavy atom. The first kappa shape index (κ1) is 25.9. The van der Waals surface area contributed by atoms with Crippen molar-refractivity contribution in [1.29, 1.82) is 0 Å². The van der Waals surface area contributed by atoms with E-state index in [0.717, 1.165) is 31.0 Å². The Labute approximate surface area is 207 Å². The number of halogens is 1. The highest BCUT2D eigenvalue weighted by molar-refractivity contribution is 14.0. The minimum atomic E-state index is -0.417. The van der Waals surface area contributed by atoms with Crippen LogP contribution in [0.25, 0.3) is 0 Å². The van der Waals surface area contributed by atoms with E-state index in [-0.39, 0.29) is 24.0 Å². The minimum Gasteiger partial charge on any atom is -0.496 e. The molecule has 7 nitrogen and oxygen atoms in total. The lowest BCUT2D eigenvalue weighted by Gasteiger charge is -2.21. The molecule has 2 aromatic rings. The van der Waals surface area contributed by atoms with Gasteiger partial charge < -0.3 is 20.1 Å². The third-order valence-electron chi connectivity index (χ3n) is 5.63. The molecule has 1 aliphatic rings. The van der Waals surface area contributed by atoms with Crippen molar-refractivity contribution in [3.05, 3.63) is 65.2 Å². The van der Waals surface area contributed by atoms with Crippen LogP contribution in [0.5, 0.6) is 5.75 Å². The van der Waals surface area contributed by atoms with Crippen molar-refractivity contribution in [3.63, 3.8) is 0 Å². The molecule has 2 unspecified atom stereocenters. The minimum absolute atomic E-state index is 0. The fraction of sp³-hybridized carbons (Fsp3) is 0.417. The van der Waals surface area contributed by atoms with Crippen LogP contribution in [0.1, 0.15) is 34.8 Å². The summed E-state index contributed by atoms with van der Waals surface area (Å²) >= 11 is 0. The Hall–Kier alpha value is -2.33. The Morgan fingerprint density at radius 1 is 1.16 bits per heavy atom. The van der Waals surface area contributed by atoms with Crippen molar-refractivity contribution in [2.75, 3.05) is 27.8 Å². The van der Waals surface area contributed by atoms with E-state index < -0.39 is 5.97 Å². The van der Waals surface area contributed by atoms with Crippen molar-refractivity contribution < 1.29 is 14.3 Å². The molecule has 0 amide bonds. The molecule has 2 N–H and O–H groups in total. The van der Waals surface area contributed by atoms with Gasteiger partial charge in [0.15, 0.2) is 5.96 Å². The van der Waals surface area contributed by atoms with E-state index in [1.807, 2.05) is 12.1 Å². The van der Waals surface area contributed by atoms with E-state index >= 15 is 0 Å². The van der Waals surface area contributed by atoms with Gasteiger partial charge in [-0.25, -0.2) is 4.79 Å². The molecule has 0 aliphatic carbocycles. The Kier molecular flexibility index (Phi) is 10.2. The number of guanidine groups is 1. The summed E-state index contributed by atoms with van der Waals surface area (Å²) in [7, 11) is 4.67. The van der Waals surface area contributed by atoms with Crippen LogP contribution in [-0.4, -0.2) is 56.7 Å². The van der Waals surface area contributed by atoms with Gasteiger partial charge in [-0.15, -0.1) is 24.0 Å². The van der Waals surface area contributed by atoms with E-state index in [9.17, 15) is 4.79 Å². The number of rotatable bonds is 7. The van der Waals surface area contributed by atoms with Gasteiger partial charge in [0.25, 0.3) is 0 Å². The van der Waals surface area contributed by atoms with E-state index in [0.29, 0.717) is 29.9 Å². The second-order valence-electron chi connectivity index (χ2n) is 7.79. The molecule has 32 heavy (non-hydrogen) atoms. The molecular weight excluding hydrogens is 519 g/mol. The number of likely N-dealkylation sites (tertiary alicyclic amines) is 1. The van der Waals surface area contributed by atoms with Gasteiger partial charge in [0.05, 0.1) is 14.2 Å². The molecule has 2 atom stereocenters. The number of nitrogens with one attached hydrogen (secondary N) is 2. The first-order chi connectivity index (χ1) is 15.0. The summed E-state index contributed by atoms with van der Waals surface area (Å²) < 4.78 is 10.1. The van der Waals surface area contributed by atoms with Crippen LogP contribution >= 0.6 is 24.0 Å². The number of benzene rings is 2. The number of hydrogen-bond donors (Lipinski definition) is 2. The molecule has 0 bridgehead atoms. The average Bonchev–Trinajstić information content (AvgIpc) is 3.14. The van der Waals surface area contributed by atoms with Gasteiger partial charge in [-0.05, 0) is 36.6 Å². The summed E-state index contributed by atoms with van der Waals surface area (Å²) in [6, 6.07) is 16.9. The summed E-state index contributed by atoms with van der Waals surface area (Å²) in [5.74, 6) is 0.824. The predicted molar refractivity (Wildman–Crippen MR) is 138 cm³/mol. The monoisotopic (exact) mass is 552 g/mol. The highest BCUT2D eigenvalue weighted by Crippen LogP contribution is 2.22. The van der Waals surface area contributed by atoms with Crippen molar-refractivity contribution in [1.82, 2.24) is 15.5 Å². The lowest BCUT2D eigenvalue weighted by molar-refractivity contribution is 0.0597. The van der Waals surface area contributed by atoms with Gasteiger partial charge in [0.1, 0.15) is 11.3 Å². The molecule has 8 heteroatoms. The lowest BCUT2D eigenvalue weighted by Crippen LogP contribution is -2.44. The number of ether oxygens (including phenoxy) is 2. The average molecular weight is 552 g/mol. The van der Waals surface area contributed by atoms with Crippen molar-refractivity contribution >= 4 is 35.9 Å². The van der Waals surface area contributed by atoms with Crippen LogP contribution in [0.2, 0.25) is 0 Å². The van der Waals surface area contributed by atoms with E-state index in [2.05, 4.69) is 51.7 Å². The molecule has 0 aromatic heterocycles. The molecule has 1 aliphatic heterocycles. The molecule has 1 heterocycles. The first-order valence-electron chi connectivity index (χ1n) is 10.5. The fourth-order valence-electron chi connectivity index (χ4n) is 3.95. The molecule has 0 spiro atoms. The highest BCUT2D eigenvalue weighted by Gasteiger charge is 2.29. The highest BCUT2D eigenvalue weighted by atomic mass is 127. The molecule has 2 aromatic carbocycles. The van der Waals surface area contributed by atoms with Crippen LogP contribution < -0.4 is 15.4 Å². The number of carbonyl (C=O) groups excluding carboxylic acids is 1. The third-order valence-corrected chi connectivity index (χ3v) is 5.63. The van der Waals surface area contributed by atoms with Crippen LogP contribution in [-0.2, 0) is 17.8 Å². The normalized spacial score (nSPS) is 18.6. The maximum absolute atomic E-state index is 12.0. The van der Waals surface area contributed by atoms with Gasteiger partial charge in [-0.1, -0.05) is 36.4 Å². The topological polar surface area (TPSA) is 75.2 Å². The van der Waals surface area contributed by atoms with Gasteiger partial charge in [0.2, 0.25) is 0 Å². The summed E-state index contributed by atoms with van der Waals surface area (Å²) in [5, 5.41) is 6.88. The molecule has 1 fully saturated rings. The Morgan fingerprint density at radius 3 is 2.56 bits per heavy atom. The summed E-state index contributed by atoms with van der Waals surface area (Å²) in [4.78, 5) is 18.9. The largest absolute Gasteiger partial charge is 0.496 e. The van der Waals surface area contributed by atoms with Gasteiger partial charge >= 0.3 is 5.97 Å². The van der Waals surface area contributed by atoms with E-state index in [1.165, 1.54) is 19.8 Å². The van der Waals surface area contributed by atoms with Gasteiger partial charge in [0, 0.05) is 38.8 Å². The SMILES string of the molecule is CN=C(NCc1ccc(OC)c(C(=O)OC)c1)NC1CC(C)N(Cc2ccccc2)C1.I.